The van der Waals surface area contributed by atoms with Crippen molar-refractivity contribution < 1.29 is 9.90 Å². The fourth-order valence-electron chi connectivity index (χ4n) is 4.60. The second-order valence-corrected chi connectivity index (χ2v) is 6.84. The molecule has 3 atom stereocenters. The Hall–Kier alpha value is -0.610. The molecular formula is C16H28N2O2. The summed E-state index contributed by atoms with van der Waals surface area (Å²) in [5.74, 6) is 0.0530. The Morgan fingerprint density at radius 1 is 1.05 bits per heavy atom. The molecule has 1 aliphatic carbocycles. The van der Waals surface area contributed by atoms with E-state index >= 15 is 0 Å². The number of hydrogen-bond acceptors (Lipinski definition) is 3. The summed E-state index contributed by atoms with van der Waals surface area (Å²) in [7, 11) is 0. The van der Waals surface area contributed by atoms with Crippen LogP contribution in [0.4, 0.5) is 0 Å². The molecular weight excluding hydrogens is 252 g/mol. The van der Waals surface area contributed by atoms with Gasteiger partial charge in [-0.25, -0.2) is 0 Å². The number of hydrogen-bond donors (Lipinski definition) is 1. The van der Waals surface area contributed by atoms with Crippen LogP contribution in [0.2, 0.25) is 0 Å². The highest BCUT2D eigenvalue weighted by Crippen LogP contribution is 2.39. The first-order chi connectivity index (χ1) is 9.75. The van der Waals surface area contributed by atoms with E-state index in [1.54, 1.807) is 0 Å². The molecule has 0 aromatic rings. The minimum atomic E-state index is -0.597. The topological polar surface area (TPSA) is 43.8 Å². The molecule has 1 N–H and O–H groups in total. The van der Waals surface area contributed by atoms with Crippen LogP contribution in [0.25, 0.3) is 0 Å². The second-order valence-electron chi connectivity index (χ2n) is 6.84. The molecule has 3 fully saturated rings. The molecule has 114 valence electrons. The largest absolute Gasteiger partial charge is 0.480 e. The van der Waals surface area contributed by atoms with Gasteiger partial charge >= 0.3 is 5.97 Å². The maximum Gasteiger partial charge on any atom is 0.320 e. The number of rotatable bonds is 5. The molecule has 20 heavy (non-hydrogen) atoms. The lowest BCUT2D eigenvalue weighted by atomic mass is 9.85. The smallest absolute Gasteiger partial charge is 0.320 e. The van der Waals surface area contributed by atoms with Gasteiger partial charge in [0.1, 0.15) is 6.04 Å². The van der Waals surface area contributed by atoms with E-state index in [0.717, 1.165) is 25.9 Å². The average Bonchev–Trinajstić information content (AvgIpc) is 3.07. The molecule has 0 aromatic heterocycles. The SMILES string of the molecule is O=C(O)C1CC2CCCCC2N1CCCN1CCCC1. The lowest BCUT2D eigenvalue weighted by molar-refractivity contribution is -0.142. The standard InChI is InChI=1S/C16H28N2O2/c19-16(20)15-12-13-6-1-2-7-14(13)18(15)11-5-10-17-8-3-4-9-17/h13-15H,1-12H2,(H,19,20). The Labute approximate surface area is 122 Å². The molecule has 1 saturated carbocycles. The number of likely N-dealkylation sites (tertiary alicyclic amines) is 2. The number of nitrogens with zero attached hydrogens (tertiary/aromatic N) is 2. The van der Waals surface area contributed by atoms with Crippen molar-refractivity contribution in [2.24, 2.45) is 5.92 Å². The van der Waals surface area contributed by atoms with Crippen LogP contribution in [0.15, 0.2) is 0 Å². The zero-order chi connectivity index (χ0) is 13.9. The van der Waals surface area contributed by atoms with Crippen molar-refractivity contribution in [3.05, 3.63) is 0 Å². The highest BCUT2D eigenvalue weighted by Gasteiger charge is 2.44. The van der Waals surface area contributed by atoms with Crippen LogP contribution in [0.3, 0.4) is 0 Å². The van der Waals surface area contributed by atoms with Crippen molar-refractivity contribution in [2.45, 2.75) is 63.5 Å². The van der Waals surface area contributed by atoms with Gasteiger partial charge in [0, 0.05) is 12.6 Å². The minimum Gasteiger partial charge on any atom is -0.480 e. The Morgan fingerprint density at radius 3 is 2.55 bits per heavy atom. The van der Waals surface area contributed by atoms with Gasteiger partial charge in [-0.2, -0.15) is 0 Å². The van der Waals surface area contributed by atoms with Crippen LogP contribution in [0.1, 0.15) is 51.4 Å². The fraction of sp³-hybridized carbons (Fsp3) is 0.938. The van der Waals surface area contributed by atoms with Crippen molar-refractivity contribution in [2.75, 3.05) is 26.2 Å². The minimum absolute atomic E-state index is 0.207. The van der Waals surface area contributed by atoms with Gasteiger partial charge < -0.3 is 10.0 Å². The van der Waals surface area contributed by atoms with E-state index in [4.69, 9.17) is 0 Å². The Bertz CT molecular complexity index is 341. The van der Waals surface area contributed by atoms with Gasteiger partial charge in [0.05, 0.1) is 0 Å². The summed E-state index contributed by atoms with van der Waals surface area (Å²) in [4.78, 5) is 16.4. The van der Waals surface area contributed by atoms with Crippen molar-refractivity contribution >= 4 is 5.97 Å². The van der Waals surface area contributed by atoms with Gasteiger partial charge in [-0.15, -0.1) is 0 Å². The predicted octanol–water partition coefficient (Wildman–Crippen LogP) is 2.19. The van der Waals surface area contributed by atoms with Gasteiger partial charge in [0.2, 0.25) is 0 Å². The molecule has 3 unspecified atom stereocenters. The zero-order valence-corrected chi connectivity index (χ0v) is 12.5. The third-order valence-electron chi connectivity index (χ3n) is 5.60. The summed E-state index contributed by atoms with van der Waals surface area (Å²) in [6.07, 6.45) is 9.76. The lowest BCUT2D eigenvalue weighted by Crippen LogP contribution is -2.43. The van der Waals surface area contributed by atoms with Gasteiger partial charge in [-0.3, -0.25) is 9.69 Å². The molecule has 0 aromatic carbocycles. The molecule has 2 heterocycles. The highest BCUT2D eigenvalue weighted by atomic mass is 16.4. The molecule has 4 nitrogen and oxygen atoms in total. The maximum absolute atomic E-state index is 11.5. The first kappa shape index (κ1) is 14.3. The van der Waals surface area contributed by atoms with Crippen LogP contribution in [0.5, 0.6) is 0 Å². The van der Waals surface area contributed by atoms with E-state index in [2.05, 4.69) is 9.80 Å². The third-order valence-corrected chi connectivity index (χ3v) is 5.60. The molecule has 3 rings (SSSR count). The van der Waals surface area contributed by atoms with E-state index in [1.165, 1.54) is 51.6 Å². The molecule has 4 heteroatoms. The number of aliphatic carboxylic acids is 1. The van der Waals surface area contributed by atoms with Crippen molar-refractivity contribution in [1.29, 1.82) is 0 Å². The first-order valence-electron chi connectivity index (χ1n) is 8.46. The van der Waals surface area contributed by atoms with E-state index in [-0.39, 0.29) is 6.04 Å². The Morgan fingerprint density at radius 2 is 1.80 bits per heavy atom. The molecule has 0 spiro atoms. The first-order valence-corrected chi connectivity index (χ1v) is 8.46. The molecule has 0 radical (unpaired) electrons. The molecule has 3 aliphatic rings. The van der Waals surface area contributed by atoms with Crippen LogP contribution in [-0.2, 0) is 4.79 Å². The van der Waals surface area contributed by atoms with Crippen LogP contribution in [-0.4, -0.2) is 59.1 Å². The lowest BCUT2D eigenvalue weighted by Gasteiger charge is -2.33. The number of fused-ring (bicyclic) bond motifs is 1. The molecule has 0 amide bonds. The number of carboxylic acids is 1. The number of carboxylic acid groups (broad SMARTS) is 1. The third kappa shape index (κ3) is 3.01. The van der Waals surface area contributed by atoms with Gasteiger partial charge in [0.25, 0.3) is 0 Å². The normalized spacial score (nSPS) is 35.3. The molecule has 2 saturated heterocycles. The predicted molar refractivity (Wildman–Crippen MR) is 78.8 cm³/mol. The van der Waals surface area contributed by atoms with Crippen molar-refractivity contribution in [3.63, 3.8) is 0 Å². The van der Waals surface area contributed by atoms with Gasteiger partial charge in [-0.05, 0) is 64.1 Å². The quantitative estimate of drug-likeness (QED) is 0.838. The summed E-state index contributed by atoms with van der Waals surface area (Å²) >= 11 is 0. The maximum atomic E-state index is 11.5. The van der Waals surface area contributed by atoms with E-state index in [0.29, 0.717) is 12.0 Å². The Kier molecular flexibility index (Phi) is 4.61. The van der Waals surface area contributed by atoms with Crippen LogP contribution in [0, 0.1) is 5.92 Å². The van der Waals surface area contributed by atoms with Crippen LogP contribution < -0.4 is 0 Å². The van der Waals surface area contributed by atoms with E-state index in [9.17, 15) is 9.90 Å². The average molecular weight is 280 g/mol. The summed E-state index contributed by atoms with van der Waals surface area (Å²) in [5.41, 5.74) is 0. The zero-order valence-electron chi connectivity index (χ0n) is 12.5. The van der Waals surface area contributed by atoms with E-state index < -0.39 is 5.97 Å². The summed E-state index contributed by atoms with van der Waals surface area (Å²) < 4.78 is 0. The Balaban J connectivity index is 1.54. The van der Waals surface area contributed by atoms with Crippen LogP contribution >= 0.6 is 0 Å². The fourth-order valence-corrected chi connectivity index (χ4v) is 4.60. The van der Waals surface area contributed by atoms with Crippen molar-refractivity contribution in [1.82, 2.24) is 9.80 Å². The van der Waals surface area contributed by atoms with Crippen molar-refractivity contribution in [3.8, 4) is 0 Å². The highest BCUT2D eigenvalue weighted by molar-refractivity contribution is 5.74. The number of carbonyl (C=O) groups is 1. The summed E-state index contributed by atoms with van der Waals surface area (Å²) in [6.45, 7) is 4.62. The van der Waals surface area contributed by atoms with Gasteiger partial charge in [-0.1, -0.05) is 12.8 Å². The molecule has 0 bridgehead atoms. The second kappa shape index (κ2) is 6.44. The van der Waals surface area contributed by atoms with Gasteiger partial charge in [0.15, 0.2) is 0 Å². The van der Waals surface area contributed by atoms with E-state index in [1.807, 2.05) is 0 Å². The summed E-state index contributed by atoms with van der Waals surface area (Å²) in [5, 5.41) is 9.49. The molecule has 2 aliphatic heterocycles. The monoisotopic (exact) mass is 280 g/mol. The summed E-state index contributed by atoms with van der Waals surface area (Å²) in [6, 6.07) is 0.352.